The topological polar surface area (TPSA) is 178 Å². The molecule has 15 heteroatoms. The molecule has 2 unspecified atom stereocenters. The van der Waals surface area contributed by atoms with Gasteiger partial charge >= 0.3 is 0 Å². The number of nitrogens with zero attached hydrogens (tertiary/aromatic N) is 8. The molecule has 1 amide bonds. The first-order chi connectivity index (χ1) is 20.1. The number of hydrogen-bond donors (Lipinski definition) is 2. The van der Waals surface area contributed by atoms with Crippen molar-refractivity contribution >= 4 is 38.5 Å². The summed E-state index contributed by atoms with van der Waals surface area (Å²) in [5.74, 6) is -0.177. The van der Waals surface area contributed by atoms with Gasteiger partial charge in [-0.05, 0) is 45.6 Å². The molecule has 216 valence electrons. The molecule has 2 aliphatic heterocycles. The number of aromatic amines is 1. The maximum absolute atomic E-state index is 13.2. The lowest BCUT2D eigenvalue weighted by Gasteiger charge is -2.38. The molecule has 2 saturated heterocycles. The van der Waals surface area contributed by atoms with Crippen LogP contribution in [0, 0.1) is 13.8 Å². The third kappa shape index (κ3) is 4.26. The molecule has 2 fully saturated rings. The van der Waals surface area contributed by atoms with Crippen LogP contribution < -0.4 is 5.73 Å². The van der Waals surface area contributed by atoms with Crippen LogP contribution in [0.5, 0.6) is 0 Å². The molecule has 5 aromatic rings. The number of fused-ring (bicyclic) bond motifs is 3. The van der Waals surface area contributed by atoms with Gasteiger partial charge in [-0.25, -0.2) is 23.4 Å². The Balaban J connectivity index is 1.28. The Kier molecular flexibility index (Phi) is 6.13. The summed E-state index contributed by atoms with van der Waals surface area (Å²) in [5, 5.41) is 11.7. The number of carbonyl (C=O) groups is 1. The smallest absolute Gasteiger partial charge is 0.291 e. The minimum Gasteiger partial charge on any atom is -0.382 e. The second-order valence-electron chi connectivity index (χ2n) is 11.0. The number of nitrogens with one attached hydrogen (secondary N) is 1. The minimum absolute atomic E-state index is 0.00737. The number of piperidine rings is 1. The lowest BCUT2D eigenvalue weighted by Crippen LogP contribution is -2.46. The number of rotatable bonds is 5. The third-order valence-electron chi connectivity index (χ3n) is 8.33. The molecule has 0 aliphatic carbocycles. The second kappa shape index (κ2) is 9.66. The molecular weight excluding hydrogens is 576 g/mol. The third-order valence-corrected chi connectivity index (χ3v) is 10.6. The van der Waals surface area contributed by atoms with Crippen LogP contribution in [0.3, 0.4) is 0 Å². The summed E-state index contributed by atoms with van der Waals surface area (Å²) < 4.78 is 27.5. The highest BCUT2D eigenvalue weighted by molar-refractivity contribution is 7.91. The first kappa shape index (κ1) is 26.6. The lowest BCUT2D eigenvalue weighted by atomic mass is 9.87. The Labute approximate surface area is 245 Å². The van der Waals surface area contributed by atoms with Gasteiger partial charge in [-0.1, -0.05) is 6.07 Å². The van der Waals surface area contributed by atoms with E-state index in [2.05, 4.69) is 30.2 Å². The van der Waals surface area contributed by atoms with Crippen LogP contribution in [0.25, 0.3) is 27.5 Å². The molecule has 2 aliphatic rings. The van der Waals surface area contributed by atoms with Gasteiger partial charge in [0.2, 0.25) is 5.82 Å². The van der Waals surface area contributed by atoms with E-state index in [-0.39, 0.29) is 40.4 Å². The van der Waals surface area contributed by atoms with E-state index in [1.807, 2.05) is 30.9 Å². The van der Waals surface area contributed by atoms with Gasteiger partial charge in [0.1, 0.15) is 22.0 Å². The number of amides is 1. The van der Waals surface area contributed by atoms with Crippen LogP contribution in [0.15, 0.2) is 35.7 Å². The van der Waals surface area contributed by atoms with E-state index in [4.69, 9.17) is 10.7 Å². The molecule has 3 N–H and O–H groups in total. The number of anilines is 1. The Morgan fingerprint density at radius 3 is 2.45 bits per heavy atom. The fraction of sp³-hybridized carbons (Fsp3) is 0.370. The molecule has 13 nitrogen and oxygen atoms in total. The summed E-state index contributed by atoms with van der Waals surface area (Å²) in [4.78, 5) is 34.4. The SMILES string of the molecule is Cc1nc(-c2ccc(-c3cnn4c(N)c(S(C)(=O)=O)c(C5CC6CC[C@H](C5)N6C(=O)c5ncn[nH]5)nc34)cn2)sc1C. The van der Waals surface area contributed by atoms with Gasteiger partial charge in [-0.3, -0.25) is 14.9 Å². The highest BCUT2D eigenvalue weighted by Crippen LogP contribution is 2.45. The quantitative estimate of drug-likeness (QED) is 0.303. The van der Waals surface area contributed by atoms with Crippen molar-refractivity contribution in [3.05, 3.63) is 52.9 Å². The maximum atomic E-state index is 13.2. The molecule has 7 heterocycles. The van der Waals surface area contributed by atoms with E-state index in [0.29, 0.717) is 29.7 Å². The van der Waals surface area contributed by atoms with Crippen molar-refractivity contribution in [3.63, 3.8) is 0 Å². The zero-order chi connectivity index (χ0) is 29.3. The van der Waals surface area contributed by atoms with Crippen LogP contribution in [-0.4, -0.2) is 77.3 Å². The van der Waals surface area contributed by atoms with Crippen molar-refractivity contribution in [2.24, 2.45) is 0 Å². The number of sulfone groups is 1. The fourth-order valence-corrected chi connectivity index (χ4v) is 8.25. The number of hydrogen-bond acceptors (Lipinski definition) is 11. The van der Waals surface area contributed by atoms with Gasteiger partial charge in [0.15, 0.2) is 15.5 Å². The van der Waals surface area contributed by atoms with Gasteiger partial charge in [-0.2, -0.15) is 14.7 Å². The van der Waals surface area contributed by atoms with E-state index in [0.717, 1.165) is 45.9 Å². The van der Waals surface area contributed by atoms with E-state index in [9.17, 15) is 13.2 Å². The number of nitrogens with two attached hydrogens (primary N) is 1. The number of thiazole rings is 1. The summed E-state index contributed by atoms with van der Waals surface area (Å²) in [7, 11) is -3.75. The normalized spacial score (nSPS) is 20.5. The van der Waals surface area contributed by atoms with Gasteiger partial charge in [-0.15, -0.1) is 11.3 Å². The monoisotopic (exact) mass is 604 g/mol. The Bertz CT molecular complexity index is 1910. The van der Waals surface area contributed by atoms with Crippen molar-refractivity contribution in [3.8, 4) is 21.8 Å². The zero-order valence-corrected chi connectivity index (χ0v) is 24.8. The lowest BCUT2D eigenvalue weighted by molar-refractivity contribution is 0.0556. The number of aromatic nitrogens is 8. The summed E-state index contributed by atoms with van der Waals surface area (Å²) in [6.07, 6.45) is 8.60. The molecule has 5 aromatic heterocycles. The van der Waals surface area contributed by atoms with Crippen LogP contribution >= 0.6 is 11.3 Å². The van der Waals surface area contributed by atoms with Crippen LogP contribution in [0.2, 0.25) is 0 Å². The fourth-order valence-electron chi connectivity index (χ4n) is 6.30. The van der Waals surface area contributed by atoms with E-state index < -0.39 is 9.84 Å². The molecule has 0 saturated carbocycles. The van der Waals surface area contributed by atoms with Gasteiger partial charge in [0.05, 0.1) is 23.3 Å². The second-order valence-corrected chi connectivity index (χ2v) is 14.1. The summed E-state index contributed by atoms with van der Waals surface area (Å²) >= 11 is 1.59. The van der Waals surface area contributed by atoms with Crippen molar-refractivity contribution in [2.75, 3.05) is 12.0 Å². The number of carbonyl (C=O) groups excluding carboxylic acids is 1. The molecule has 3 atom stereocenters. The van der Waals surface area contributed by atoms with Crippen molar-refractivity contribution in [2.45, 2.75) is 62.4 Å². The van der Waals surface area contributed by atoms with Crippen molar-refractivity contribution in [1.82, 2.24) is 44.6 Å². The van der Waals surface area contributed by atoms with Gasteiger partial charge < -0.3 is 10.6 Å². The zero-order valence-electron chi connectivity index (χ0n) is 23.1. The predicted molar refractivity (Wildman–Crippen MR) is 156 cm³/mol. The van der Waals surface area contributed by atoms with Gasteiger partial charge in [0, 0.05) is 46.5 Å². The maximum Gasteiger partial charge on any atom is 0.291 e. The molecule has 0 radical (unpaired) electrons. The highest BCUT2D eigenvalue weighted by Gasteiger charge is 2.46. The molecule has 0 aromatic carbocycles. The first-order valence-electron chi connectivity index (χ1n) is 13.6. The van der Waals surface area contributed by atoms with Crippen LogP contribution in [0.1, 0.15) is 58.5 Å². The van der Waals surface area contributed by atoms with E-state index in [1.165, 1.54) is 10.8 Å². The Hall–Kier alpha value is -4.24. The largest absolute Gasteiger partial charge is 0.382 e. The van der Waals surface area contributed by atoms with Crippen molar-refractivity contribution in [1.29, 1.82) is 0 Å². The summed E-state index contributed by atoms with van der Waals surface area (Å²) in [6.45, 7) is 4.01. The minimum atomic E-state index is -3.75. The summed E-state index contributed by atoms with van der Waals surface area (Å²) in [5.41, 5.74) is 10.6. The molecule has 0 spiro atoms. The molecule has 7 rings (SSSR count). The Morgan fingerprint density at radius 1 is 1.10 bits per heavy atom. The van der Waals surface area contributed by atoms with Crippen LogP contribution in [0.4, 0.5) is 5.82 Å². The number of aryl methyl sites for hydroxylation is 2. The highest BCUT2D eigenvalue weighted by atomic mass is 32.2. The summed E-state index contributed by atoms with van der Waals surface area (Å²) in [6, 6.07) is 3.70. The molecule has 2 bridgehead atoms. The first-order valence-corrected chi connectivity index (χ1v) is 16.3. The van der Waals surface area contributed by atoms with E-state index in [1.54, 1.807) is 23.7 Å². The average molecular weight is 605 g/mol. The number of H-pyrrole nitrogens is 1. The predicted octanol–water partition coefficient (Wildman–Crippen LogP) is 3.19. The average Bonchev–Trinajstić information content (AvgIpc) is 3.75. The van der Waals surface area contributed by atoms with Crippen molar-refractivity contribution < 1.29 is 13.2 Å². The van der Waals surface area contributed by atoms with E-state index >= 15 is 0 Å². The van der Waals surface area contributed by atoms with Gasteiger partial charge in [0.25, 0.3) is 5.91 Å². The molecule has 42 heavy (non-hydrogen) atoms. The van der Waals surface area contributed by atoms with Crippen LogP contribution in [-0.2, 0) is 9.84 Å². The Morgan fingerprint density at radius 2 is 1.86 bits per heavy atom. The number of nitrogen functional groups attached to an aromatic ring is 1. The molecular formula is C27H28N10O3S2. The standard InChI is InChI=1S/C27H28N10O3S2/c1-13-14(2)41-26(33-13)20-7-4-15(10-29-20)19-11-32-37-23(28)22(42(3,39)40)21(34-25(19)37)16-8-17-5-6-18(9-16)36(17)27(38)24-30-12-31-35-24/h4,7,10-12,16-18H,5-6,8-9,28H2,1-3H3,(H,30,31,35)/t16?,17-,18?/m1/s1. The number of pyridine rings is 1.